The number of benzene rings is 1. The third-order valence-corrected chi connectivity index (χ3v) is 5.01. The minimum Gasteiger partial charge on any atom is -0.338 e. The third kappa shape index (κ3) is 5.14. The molecule has 1 N–H and O–H groups in total. The lowest BCUT2D eigenvalue weighted by Gasteiger charge is -2.36. The molecule has 1 fully saturated rings. The van der Waals surface area contributed by atoms with E-state index in [2.05, 4.69) is 39.1 Å². The van der Waals surface area contributed by atoms with Crippen LogP contribution in [0.15, 0.2) is 28.8 Å². The van der Waals surface area contributed by atoms with Crippen LogP contribution in [0.1, 0.15) is 44.0 Å². The molecule has 27 heavy (non-hydrogen) atoms. The number of amides is 1. The van der Waals surface area contributed by atoms with Gasteiger partial charge in [-0.15, -0.1) is 0 Å². The number of aromatic nitrogens is 2. The number of aryl methyl sites for hydroxylation is 1. The Kier molecular flexibility index (Phi) is 6.23. The van der Waals surface area contributed by atoms with Crippen LogP contribution >= 0.6 is 0 Å². The normalized spacial score (nSPS) is 17.2. The van der Waals surface area contributed by atoms with Crippen LogP contribution in [0.25, 0.3) is 0 Å². The van der Waals surface area contributed by atoms with Gasteiger partial charge in [0, 0.05) is 37.8 Å². The third-order valence-electron chi connectivity index (χ3n) is 5.01. The molecule has 1 aromatic carbocycles. The molecule has 1 aliphatic heterocycles. The highest BCUT2D eigenvalue weighted by molar-refractivity contribution is 5.94. The maximum atomic E-state index is 12.5. The highest BCUT2D eigenvalue weighted by atomic mass is 16.5. The lowest BCUT2D eigenvalue weighted by atomic mass is 10.2. The van der Waals surface area contributed by atoms with E-state index in [1.165, 1.54) is 5.56 Å². The van der Waals surface area contributed by atoms with E-state index in [9.17, 15) is 4.79 Å². The summed E-state index contributed by atoms with van der Waals surface area (Å²) in [6.45, 7) is 12.2. The number of rotatable bonds is 6. The molecule has 0 aliphatic carbocycles. The van der Waals surface area contributed by atoms with Crippen molar-refractivity contribution in [3.05, 3.63) is 41.5 Å². The molecule has 1 saturated heterocycles. The number of hydrogen-bond donors (Lipinski definition) is 1. The molecule has 1 amide bonds. The smallest absolute Gasteiger partial charge is 0.241 e. The van der Waals surface area contributed by atoms with Crippen LogP contribution in [0.5, 0.6) is 0 Å². The zero-order valence-electron chi connectivity index (χ0n) is 16.6. The minimum atomic E-state index is -0.163. The molecule has 3 rings (SSSR count). The van der Waals surface area contributed by atoms with Crippen LogP contribution in [0, 0.1) is 6.92 Å². The lowest BCUT2D eigenvalue weighted by Crippen LogP contribution is -2.52. The second-order valence-electron chi connectivity index (χ2n) is 7.54. The predicted octanol–water partition coefficient (Wildman–Crippen LogP) is 2.65. The molecule has 7 heteroatoms. The van der Waals surface area contributed by atoms with Gasteiger partial charge in [0.1, 0.15) is 0 Å². The summed E-state index contributed by atoms with van der Waals surface area (Å²) in [6, 6.07) is 7.72. The fraction of sp³-hybridized carbons (Fsp3) is 0.550. The predicted molar refractivity (Wildman–Crippen MR) is 105 cm³/mol. The van der Waals surface area contributed by atoms with Crippen molar-refractivity contribution in [2.75, 3.05) is 31.5 Å². The largest absolute Gasteiger partial charge is 0.338 e. The van der Waals surface area contributed by atoms with Crippen LogP contribution in [-0.2, 0) is 11.3 Å². The maximum absolute atomic E-state index is 12.5. The molecule has 2 aromatic rings. The van der Waals surface area contributed by atoms with Crippen LogP contribution in [-0.4, -0.2) is 58.1 Å². The van der Waals surface area contributed by atoms with Crippen LogP contribution in [0.4, 0.5) is 5.69 Å². The van der Waals surface area contributed by atoms with Gasteiger partial charge < -0.3 is 9.84 Å². The molecule has 0 radical (unpaired) electrons. The van der Waals surface area contributed by atoms with Crippen molar-refractivity contribution in [2.45, 2.75) is 46.2 Å². The van der Waals surface area contributed by atoms with E-state index in [1.54, 1.807) is 0 Å². The van der Waals surface area contributed by atoms with E-state index in [4.69, 9.17) is 4.52 Å². The second-order valence-corrected chi connectivity index (χ2v) is 7.54. The summed E-state index contributed by atoms with van der Waals surface area (Å²) in [7, 11) is 0. The van der Waals surface area contributed by atoms with Gasteiger partial charge in [-0.25, -0.2) is 0 Å². The molecule has 1 aromatic heterocycles. The number of nitrogens with one attached hydrogen (secondary N) is 1. The Morgan fingerprint density at radius 1 is 1.15 bits per heavy atom. The highest BCUT2D eigenvalue weighted by Gasteiger charge is 2.26. The molecule has 0 spiro atoms. The Morgan fingerprint density at radius 2 is 1.81 bits per heavy atom. The van der Waals surface area contributed by atoms with E-state index in [0.717, 1.165) is 37.7 Å². The van der Waals surface area contributed by atoms with Crippen molar-refractivity contribution in [3.63, 3.8) is 0 Å². The van der Waals surface area contributed by atoms with Crippen molar-refractivity contribution in [3.8, 4) is 0 Å². The molecule has 7 nitrogen and oxygen atoms in total. The van der Waals surface area contributed by atoms with Gasteiger partial charge in [0.15, 0.2) is 5.82 Å². The number of hydrogen-bond acceptors (Lipinski definition) is 6. The number of piperazine rings is 1. The summed E-state index contributed by atoms with van der Waals surface area (Å²) in [6.07, 6.45) is 0. The first-order valence-corrected chi connectivity index (χ1v) is 9.59. The van der Waals surface area contributed by atoms with Crippen molar-refractivity contribution >= 4 is 11.6 Å². The Morgan fingerprint density at radius 3 is 2.41 bits per heavy atom. The Hall–Kier alpha value is -2.25. The monoisotopic (exact) mass is 371 g/mol. The number of carbonyl (C=O) groups is 1. The van der Waals surface area contributed by atoms with E-state index in [0.29, 0.717) is 12.4 Å². The first-order chi connectivity index (χ1) is 12.9. The first-order valence-electron chi connectivity index (χ1n) is 9.59. The average Bonchev–Trinajstić information content (AvgIpc) is 3.12. The summed E-state index contributed by atoms with van der Waals surface area (Å²) in [5.41, 5.74) is 2.02. The number of nitrogens with zero attached hydrogens (tertiary/aromatic N) is 4. The van der Waals surface area contributed by atoms with Crippen LogP contribution < -0.4 is 5.32 Å². The average molecular weight is 371 g/mol. The van der Waals surface area contributed by atoms with Gasteiger partial charge in [-0.1, -0.05) is 36.7 Å². The summed E-state index contributed by atoms with van der Waals surface area (Å²) in [5, 5.41) is 7.02. The molecule has 2 heterocycles. The standard InChI is InChI=1S/C20H29N5O2/c1-14(2)19-22-18(27-23-19)13-24-9-11-25(12-10-24)16(4)20(26)21-17-7-5-15(3)6-8-17/h5-8,14,16H,9-13H2,1-4H3,(H,21,26). The highest BCUT2D eigenvalue weighted by Crippen LogP contribution is 2.14. The molecular weight excluding hydrogens is 342 g/mol. The summed E-state index contributed by atoms with van der Waals surface area (Å²) >= 11 is 0. The molecule has 0 saturated carbocycles. The Balaban J connectivity index is 1.47. The fourth-order valence-electron chi connectivity index (χ4n) is 3.12. The molecule has 0 bridgehead atoms. The van der Waals surface area contributed by atoms with Crippen molar-refractivity contribution in [2.24, 2.45) is 0 Å². The van der Waals surface area contributed by atoms with Gasteiger partial charge in [-0.3, -0.25) is 14.6 Å². The number of carbonyl (C=O) groups excluding carboxylic acids is 1. The van der Waals surface area contributed by atoms with Gasteiger partial charge in [0.2, 0.25) is 11.8 Å². The van der Waals surface area contributed by atoms with Gasteiger partial charge in [0.25, 0.3) is 0 Å². The SMILES string of the molecule is Cc1ccc(NC(=O)C(C)N2CCN(Cc3nc(C(C)C)no3)CC2)cc1. The van der Waals surface area contributed by atoms with Crippen molar-refractivity contribution in [1.29, 1.82) is 0 Å². The van der Waals surface area contributed by atoms with E-state index in [1.807, 2.05) is 38.1 Å². The van der Waals surface area contributed by atoms with Crippen molar-refractivity contribution < 1.29 is 9.32 Å². The minimum absolute atomic E-state index is 0.0331. The number of anilines is 1. The zero-order valence-corrected chi connectivity index (χ0v) is 16.6. The Bertz CT molecular complexity index is 748. The van der Waals surface area contributed by atoms with Crippen LogP contribution in [0.2, 0.25) is 0 Å². The maximum Gasteiger partial charge on any atom is 0.241 e. The quantitative estimate of drug-likeness (QED) is 0.841. The van der Waals surface area contributed by atoms with E-state index >= 15 is 0 Å². The Labute approximate surface area is 160 Å². The fourth-order valence-corrected chi connectivity index (χ4v) is 3.12. The second kappa shape index (κ2) is 8.63. The van der Waals surface area contributed by atoms with E-state index in [-0.39, 0.29) is 17.9 Å². The lowest BCUT2D eigenvalue weighted by molar-refractivity contribution is -0.121. The van der Waals surface area contributed by atoms with E-state index < -0.39 is 0 Å². The summed E-state index contributed by atoms with van der Waals surface area (Å²) in [5.74, 6) is 1.72. The van der Waals surface area contributed by atoms with Gasteiger partial charge in [0.05, 0.1) is 12.6 Å². The molecule has 146 valence electrons. The van der Waals surface area contributed by atoms with Crippen molar-refractivity contribution in [1.82, 2.24) is 19.9 Å². The van der Waals surface area contributed by atoms with Gasteiger partial charge in [-0.2, -0.15) is 4.98 Å². The topological polar surface area (TPSA) is 74.5 Å². The molecule has 1 aliphatic rings. The zero-order chi connectivity index (χ0) is 19.4. The van der Waals surface area contributed by atoms with Crippen LogP contribution in [0.3, 0.4) is 0 Å². The summed E-state index contributed by atoms with van der Waals surface area (Å²) < 4.78 is 5.34. The summed E-state index contributed by atoms with van der Waals surface area (Å²) in [4.78, 5) is 21.5. The van der Waals surface area contributed by atoms with Gasteiger partial charge >= 0.3 is 0 Å². The molecule has 1 unspecified atom stereocenters. The molecule has 1 atom stereocenters. The molecular formula is C20H29N5O2. The first kappa shape index (κ1) is 19.5. The van der Waals surface area contributed by atoms with Gasteiger partial charge in [-0.05, 0) is 26.0 Å².